The average Bonchev–Trinajstić information content (AvgIpc) is 2.90. The van der Waals surface area contributed by atoms with Crippen LogP contribution in [0, 0.1) is 0 Å². The summed E-state index contributed by atoms with van der Waals surface area (Å²) in [6, 6.07) is 9.97. The Morgan fingerprint density at radius 2 is 1.80 bits per heavy atom. The molecular formula is C26H31N7O2. The Morgan fingerprint density at radius 3 is 2.46 bits per heavy atom. The Balaban J connectivity index is 1.56. The first-order valence-corrected chi connectivity index (χ1v) is 11.7. The highest BCUT2D eigenvalue weighted by Gasteiger charge is 2.16. The number of likely N-dealkylation sites (N-methyl/N-ethyl adjacent to an activating group) is 1. The van der Waals surface area contributed by atoms with E-state index in [9.17, 15) is 4.79 Å². The van der Waals surface area contributed by atoms with Gasteiger partial charge in [-0.25, -0.2) is 9.97 Å². The summed E-state index contributed by atoms with van der Waals surface area (Å²) >= 11 is 0. The van der Waals surface area contributed by atoms with E-state index in [1.54, 1.807) is 18.3 Å². The Bertz CT molecular complexity index is 1170. The number of piperazine rings is 1. The molecular weight excluding hydrogens is 442 g/mol. The standard InChI is InChI=1S/C26H31N7O2/c1-3-32-10-12-33(13-11-32)17-19-4-6-21(7-5-19)29-26-22(18-34)20(8-9-27)14-23(31-26)24-15-28-16-25(30-24)35-2/h4-9,14-16,18H,3,10-13,17,27H2,1-2H3,(H,29,31)/b9-8-. The molecule has 0 unspecified atom stereocenters. The van der Waals surface area contributed by atoms with Crippen LogP contribution in [0.5, 0.6) is 5.88 Å². The van der Waals surface area contributed by atoms with Gasteiger partial charge in [0.25, 0.3) is 0 Å². The van der Waals surface area contributed by atoms with Crippen molar-refractivity contribution in [3.8, 4) is 17.3 Å². The molecule has 2 aromatic heterocycles. The fraction of sp³-hybridized carbons (Fsp3) is 0.308. The lowest BCUT2D eigenvalue weighted by molar-refractivity contribution is 0.112. The predicted octanol–water partition coefficient (Wildman–Crippen LogP) is 3.17. The number of aldehydes is 1. The molecule has 0 amide bonds. The van der Waals surface area contributed by atoms with Crippen molar-refractivity contribution in [2.75, 3.05) is 45.2 Å². The summed E-state index contributed by atoms with van der Waals surface area (Å²) < 4.78 is 5.19. The van der Waals surface area contributed by atoms with Gasteiger partial charge in [0.05, 0.1) is 30.8 Å². The van der Waals surface area contributed by atoms with Gasteiger partial charge in [-0.05, 0) is 48.1 Å². The molecule has 182 valence electrons. The minimum atomic E-state index is 0.376. The van der Waals surface area contributed by atoms with Gasteiger partial charge in [-0.15, -0.1) is 0 Å². The molecule has 0 aliphatic carbocycles. The lowest BCUT2D eigenvalue weighted by Gasteiger charge is -2.34. The zero-order valence-electron chi connectivity index (χ0n) is 20.1. The van der Waals surface area contributed by atoms with E-state index >= 15 is 0 Å². The third-order valence-electron chi connectivity index (χ3n) is 6.10. The summed E-state index contributed by atoms with van der Waals surface area (Å²) in [5, 5.41) is 3.29. The molecule has 1 aliphatic rings. The van der Waals surface area contributed by atoms with Gasteiger partial charge in [-0.1, -0.05) is 19.1 Å². The number of anilines is 2. The van der Waals surface area contributed by atoms with E-state index in [4.69, 9.17) is 10.5 Å². The van der Waals surface area contributed by atoms with Crippen LogP contribution in [0.4, 0.5) is 11.5 Å². The number of nitrogens with one attached hydrogen (secondary N) is 1. The van der Waals surface area contributed by atoms with Gasteiger partial charge in [0.15, 0.2) is 6.29 Å². The number of nitrogens with zero attached hydrogens (tertiary/aromatic N) is 5. The summed E-state index contributed by atoms with van der Waals surface area (Å²) in [5.41, 5.74) is 9.81. The number of benzene rings is 1. The van der Waals surface area contributed by atoms with Crippen molar-refractivity contribution in [2.45, 2.75) is 13.5 Å². The minimum absolute atomic E-state index is 0.376. The van der Waals surface area contributed by atoms with Gasteiger partial charge < -0.3 is 20.7 Å². The van der Waals surface area contributed by atoms with E-state index in [1.165, 1.54) is 25.1 Å². The fourth-order valence-electron chi connectivity index (χ4n) is 4.09. The first-order chi connectivity index (χ1) is 17.1. The van der Waals surface area contributed by atoms with Crippen LogP contribution in [0.25, 0.3) is 17.5 Å². The summed E-state index contributed by atoms with van der Waals surface area (Å²) in [6.45, 7) is 8.63. The Morgan fingerprint density at radius 1 is 1.06 bits per heavy atom. The van der Waals surface area contributed by atoms with Gasteiger partial charge >= 0.3 is 0 Å². The molecule has 3 heterocycles. The zero-order valence-corrected chi connectivity index (χ0v) is 20.1. The van der Waals surface area contributed by atoms with E-state index in [2.05, 4.69) is 49.1 Å². The summed E-state index contributed by atoms with van der Waals surface area (Å²) in [7, 11) is 1.53. The lowest BCUT2D eigenvalue weighted by Crippen LogP contribution is -2.45. The number of methoxy groups -OCH3 is 1. The molecule has 4 rings (SSSR count). The van der Waals surface area contributed by atoms with Crippen LogP contribution in [-0.4, -0.2) is 70.9 Å². The second kappa shape index (κ2) is 11.5. The van der Waals surface area contributed by atoms with Crippen LogP contribution in [0.2, 0.25) is 0 Å². The Hall–Kier alpha value is -3.82. The fourth-order valence-corrected chi connectivity index (χ4v) is 4.09. The molecule has 9 heteroatoms. The quantitative estimate of drug-likeness (QED) is 0.453. The predicted molar refractivity (Wildman–Crippen MR) is 138 cm³/mol. The van der Waals surface area contributed by atoms with Gasteiger partial charge in [-0.2, -0.15) is 0 Å². The molecule has 35 heavy (non-hydrogen) atoms. The van der Waals surface area contributed by atoms with E-state index in [0.29, 0.717) is 34.2 Å². The second-order valence-electron chi connectivity index (χ2n) is 8.31. The Kier molecular flexibility index (Phi) is 8.02. The zero-order chi connectivity index (χ0) is 24.6. The van der Waals surface area contributed by atoms with Gasteiger partial charge in [0.2, 0.25) is 5.88 Å². The molecule has 3 aromatic rings. The maximum atomic E-state index is 12.0. The molecule has 0 spiro atoms. The van der Waals surface area contributed by atoms with E-state index < -0.39 is 0 Å². The summed E-state index contributed by atoms with van der Waals surface area (Å²) in [5.74, 6) is 0.791. The van der Waals surface area contributed by atoms with Crippen molar-refractivity contribution in [2.24, 2.45) is 5.73 Å². The number of rotatable bonds is 9. The molecule has 0 radical (unpaired) electrons. The molecule has 1 saturated heterocycles. The first kappa shape index (κ1) is 24.3. The molecule has 3 N–H and O–H groups in total. The van der Waals surface area contributed by atoms with Crippen LogP contribution in [0.1, 0.15) is 28.4 Å². The smallest absolute Gasteiger partial charge is 0.232 e. The monoisotopic (exact) mass is 473 g/mol. The number of carbonyl (C=O) groups excluding carboxylic acids is 1. The molecule has 1 aromatic carbocycles. The highest BCUT2D eigenvalue weighted by Crippen LogP contribution is 2.27. The number of aromatic nitrogens is 3. The number of hydrogen-bond donors (Lipinski definition) is 2. The van der Waals surface area contributed by atoms with Crippen LogP contribution >= 0.6 is 0 Å². The molecule has 0 atom stereocenters. The van der Waals surface area contributed by atoms with E-state index in [-0.39, 0.29) is 0 Å². The van der Waals surface area contributed by atoms with Crippen LogP contribution in [0.3, 0.4) is 0 Å². The summed E-state index contributed by atoms with van der Waals surface area (Å²) in [4.78, 5) is 30.2. The van der Waals surface area contributed by atoms with Gasteiger partial charge in [-0.3, -0.25) is 14.7 Å². The number of nitrogens with two attached hydrogens (primary N) is 1. The normalized spacial score (nSPS) is 14.8. The molecule has 1 fully saturated rings. The van der Waals surface area contributed by atoms with E-state index in [0.717, 1.165) is 51.2 Å². The minimum Gasteiger partial charge on any atom is -0.480 e. The van der Waals surface area contributed by atoms with Crippen molar-refractivity contribution >= 4 is 23.9 Å². The first-order valence-electron chi connectivity index (χ1n) is 11.7. The number of carbonyl (C=O) groups is 1. The average molecular weight is 474 g/mol. The number of pyridine rings is 1. The number of hydrogen-bond acceptors (Lipinski definition) is 9. The van der Waals surface area contributed by atoms with Crippen molar-refractivity contribution in [1.29, 1.82) is 0 Å². The SMILES string of the molecule is CCN1CCN(Cc2ccc(Nc3nc(-c4cncc(OC)n4)cc(/C=C\N)c3C=O)cc2)CC1. The Labute approximate surface area is 205 Å². The van der Waals surface area contributed by atoms with Crippen molar-refractivity contribution in [3.05, 3.63) is 65.6 Å². The van der Waals surface area contributed by atoms with Crippen LogP contribution in [-0.2, 0) is 6.54 Å². The molecule has 0 saturated carbocycles. The topological polar surface area (TPSA) is 110 Å². The van der Waals surface area contributed by atoms with Crippen LogP contribution < -0.4 is 15.8 Å². The molecule has 0 bridgehead atoms. The van der Waals surface area contributed by atoms with Crippen molar-refractivity contribution in [1.82, 2.24) is 24.8 Å². The van der Waals surface area contributed by atoms with Crippen molar-refractivity contribution in [3.63, 3.8) is 0 Å². The van der Waals surface area contributed by atoms with Crippen molar-refractivity contribution < 1.29 is 9.53 Å². The highest BCUT2D eigenvalue weighted by atomic mass is 16.5. The third-order valence-corrected chi connectivity index (χ3v) is 6.10. The van der Waals surface area contributed by atoms with Crippen LogP contribution in [0.15, 0.2) is 48.9 Å². The third kappa shape index (κ3) is 6.00. The van der Waals surface area contributed by atoms with E-state index in [1.807, 2.05) is 12.1 Å². The second-order valence-corrected chi connectivity index (χ2v) is 8.31. The lowest BCUT2D eigenvalue weighted by atomic mass is 10.1. The summed E-state index contributed by atoms with van der Waals surface area (Å²) in [6.07, 6.45) is 6.95. The van der Waals surface area contributed by atoms with Gasteiger partial charge in [0.1, 0.15) is 11.5 Å². The molecule has 1 aliphatic heterocycles. The number of ether oxygens (including phenoxy) is 1. The van der Waals surface area contributed by atoms with Gasteiger partial charge in [0, 0.05) is 38.4 Å². The molecule has 9 nitrogen and oxygen atoms in total. The highest BCUT2D eigenvalue weighted by molar-refractivity contribution is 5.91. The maximum absolute atomic E-state index is 12.0. The maximum Gasteiger partial charge on any atom is 0.232 e. The largest absolute Gasteiger partial charge is 0.480 e.